The average molecular weight is 464 g/mol. The van der Waals surface area contributed by atoms with Gasteiger partial charge in [-0.2, -0.15) is 13.2 Å². The van der Waals surface area contributed by atoms with E-state index in [2.05, 4.69) is 5.32 Å². The summed E-state index contributed by atoms with van der Waals surface area (Å²) in [5, 5.41) is 2.60. The van der Waals surface area contributed by atoms with Crippen LogP contribution in [0.3, 0.4) is 0 Å². The summed E-state index contributed by atoms with van der Waals surface area (Å²) in [6.45, 7) is 4.48. The highest BCUT2D eigenvalue weighted by Crippen LogP contribution is 2.36. The number of rotatable bonds is 3. The molecule has 2 aliphatic rings. The van der Waals surface area contributed by atoms with Gasteiger partial charge >= 0.3 is 12.2 Å². The number of nitrogens with one attached hydrogen (secondary N) is 1. The molecular weight excluding hydrogens is 439 g/mol. The van der Waals surface area contributed by atoms with Crippen LogP contribution in [0.25, 0.3) is 0 Å². The molecule has 0 bridgehead atoms. The first-order valence-corrected chi connectivity index (χ1v) is 10.4. The number of hydrogen-bond acceptors (Lipinski definition) is 4. The molecule has 172 valence electrons. The minimum absolute atomic E-state index is 0.0303. The molecule has 2 fully saturated rings. The number of urea groups is 1. The number of ether oxygens (including phenoxy) is 2. The zero-order chi connectivity index (χ0) is 22.6. The van der Waals surface area contributed by atoms with Crippen molar-refractivity contribution in [2.24, 2.45) is 5.92 Å². The van der Waals surface area contributed by atoms with Gasteiger partial charge in [0.05, 0.1) is 10.6 Å². The molecule has 7 nitrogen and oxygen atoms in total. The minimum atomic E-state index is -4.47. The van der Waals surface area contributed by atoms with Crippen LogP contribution in [0.5, 0.6) is 5.75 Å². The summed E-state index contributed by atoms with van der Waals surface area (Å²) < 4.78 is 49.3. The standard InChI is InChI=1S/C20H25ClF3N3O4/c1-13(31-17-4-3-15(9-16(17)21)20(22,23)24)14-10-27(11-14)19(29)26-6-2-8-30-12-18(28)25-5-7-26/h3-4,9,13-14H,2,5-8,10-12H2,1H3,(H,25,28). The Balaban J connectivity index is 1.50. The van der Waals surface area contributed by atoms with Crippen LogP contribution in [0.1, 0.15) is 18.9 Å². The van der Waals surface area contributed by atoms with E-state index in [0.29, 0.717) is 45.8 Å². The fraction of sp³-hybridized carbons (Fsp3) is 0.600. The van der Waals surface area contributed by atoms with Crippen molar-refractivity contribution in [1.29, 1.82) is 0 Å². The summed E-state index contributed by atoms with van der Waals surface area (Å²) in [6.07, 6.45) is -4.16. The van der Waals surface area contributed by atoms with E-state index in [1.165, 1.54) is 6.07 Å². The number of carbonyl (C=O) groups is 2. The van der Waals surface area contributed by atoms with Gasteiger partial charge in [-0.3, -0.25) is 4.79 Å². The maximum Gasteiger partial charge on any atom is 0.416 e. The number of benzene rings is 1. The molecule has 2 heterocycles. The van der Waals surface area contributed by atoms with Crippen LogP contribution in [0.15, 0.2) is 18.2 Å². The summed E-state index contributed by atoms with van der Waals surface area (Å²) in [6, 6.07) is 2.87. The quantitative estimate of drug-likeness (QED) is 0.748. The van der Waals surface area contributed by atoms with E-state index in [9.17, 15) is 22.8 Å². The normalized spacial score (nSPS) is 20.0. The Morgan fingerprint density at radius 1 is 1.29 bits per heavy atom. The molecule has 1 atom stereocenters. The van der Waals surface area contributed by atoms with Crippen LogP contribution >= 0.6 is 11.6 Å². The number of alkyl halides is 3. The highest BCUT2D eigenvalue weighted by molar-refractivity contribution is 6.32. The molecule has 0 saturated carbocycles. The number of halogens is 4. The molecule has 1 unspecified atom stereocenters. The van der Waals surface area contributed by atoms with Crippen molar-refractivity contribution in [2.45, 2.75) is 25.6 Å². The zero-order valence-electron chi connectivity index (χ0n) is 17.1. The maximum atomic E-state index is 12.8. The Bertz CT molecular complexity index is 802. The van der Waals surface area contributed by atoms with Crippen LogP contribution in [-0.4, -0.2) is 73.8 Å². The van der Waals surface area contributed by atoms with Gasteiger partial charge in [0.15, 0.2) is 0 Å². The molecule has 1 N–H and O–H groups in total. The van der Waals surface area contributed by atoms with Crippen LogP contribution < -0.4 is 10.1 Å². The topological polar surface area (TPSA) is 71.1 Å². The van der Waals surface area contributed by atoms with E-state index in [1.807, 2.05) is 0 Å². The highest BCUT2D eigenvalue weighted by atomic mass is 35.5. The van der Waals surface area contributed by atoms with Gasteiger partial charge < -0.3 is 24.6 Å². The van der Waals surface area contributed by atoms with Crippen LogP contribution in [0.2, 0.25) is 5.02 Å². The molecule has 0 radical (unpaired) electrons. The SMILES string of the molecule is CC(Oc1ccc(C(F)(F)F)cc1Cl)C1CN(C(=O)N2CCCOCC(=O)NCC2)C1. The van der Waals surface area contributed by atoms with Crippen molar-refractivity contribution in [3.05, 3.63) is 28.8 Å². The third kappa shape index (κ3) is 6.16. The van der Waals surface area contributed by atoms with Gasteiger partial charge in [0, 0.05) is 45.2 Å². The smallest absolute Gasteiger partial charge is 0.416 e. The third-order valence-corrected chi connectivity index (χ3v) is 5.64. The molecule has 1 aromatic carbocycles. The van der Waals surface area contributed by atoms with Crippen molar-refractivity contribution in [1.82, 2.24) is 15.1 Å². The Labute approximate surface area is 183 Å². The van der Waals surface area contributed by atoms with E-state index in [1.54, 1.807) is 16.7 Å². The lowest BCUT2D eigenvalue weighted by molar-refractivity contribution is -0.137. The number of nitrogens with zero attached hydrogens (tertiary/aromatic N) is 2. The van der Waals surface area contributed by atoms with Crippen molar-refractivity contribution >= 4 is 23.5 Å². The van der Waals surface area contributed by atoms with Gasteiger partial charge in [0.1, 0.15) is 18.5 Å². The highest BCUT2D eigenvalue weighted by Gasteiger charge is 2.38. The van der Waals surface area contributed by atoms with Gasteiger partial charge in [-0.15, -0.1) is 0 Å². The summed E-state index contributed by atoms with van der Waals surface area (Å²) >= 11 is 5.95. The monoisotopic (exact) mass is 463 g/mol. The van der Waals surface area contributed by atoms with Crippen molar-refractivity contribution in [2.75, 3.05) is 45.9 Å². The lowest BCUT2D eigenvalue weighted by Gasteiger charge is -2.44. The van der Waals surface area contributed by atoms with Crippen LogP contribution in [0, 0.1) is 5.92 Å². The Morgan fingerprint density at radius 2 is 2.03 bits per heavy atom. The summed E-state index contributed by atoms with van der Waals surface area (Å²) in [4.78, 5) is 27.6. The minimum Gasteiger partial charge on any atom is -0.489 e. The second-order valence-corrected chi connectivity index (χ2v) is 8.06. The van der Waals surface area contributed by atoms with Crippen molar-refractivity contribution in [3.8, 4) is 5.75 Å². The molecular formula is C20H25ClF3N3O4. The molecule has 0 aliphatic carbocycles. The lowest BCUT2D eigenvalue weighted by atomic mass is 9.95. The molecule has 3 amide bonds. The van der Waals surface area contributed by atoms with E-state index >= 15 is 0 Å². The first kappa shape index (κ1) is 23.5. The van der Waals surface area contributed by atoms with Gasteiger partial charge in [0.2, 0.25) is 5.91 Å². The first-order valence-electron chi connectivity index (χ1n) is 10.1. The predicted octanol–water partition coefficient (Wildman–Crippen LogP) is 3.02. The molecule has 1 aromatic rings. The first-order chi connectivity index (χ1) is 14.6. The Morgan fingerprint density at radius 3 is 2.71 bits per heavy atom. The Hall–Kier alpha value is -2.20. The number of carbonyl (C=O) groups excluding carboxylic acids is 2. The summed E-state index contributed by atoms with van der Waals surface area (Å²) in [7, 11) is 0. The summed E-state index contributed by atoms with van der Waals surface area (Å²) in [5.74, 6) is 0.0102. The number of amides is 3. The molecule has 2 aliphatic heterocycles. The fourth-order valence-corrected chi connectivity index (χ4v) is 3.67. The third-order valence-electron chi connectivity index (χ3n) is 5.34. The van der Waals surface area contributed by atoms with Crippen LogP contribution in [-0.2, 0) is 15.7 Å². The predicted molar refractivity (Wildman–Crippen MR) is 107 cm³/mol. The van der Waals surface area contributed by atoms with Gasteiger partial charge in [-0.25, -0.2) is 4.79 Å². The van der Waals surface area contributed by atoms with Gasteiger partial charge in [-0.05, 0) is 31.5 Å². The molecule has 2 saturated heterocycles. The van der Waals surface area contributed by atoms with Gasteiger partial charge in [-0.1, -0.05) is 11.6 Å². The maximum absolute atomic E-state index is 12.8. The molecule has 11 heteroatoms. The van der Waals surface area contributed by atoms with E-state index in [0.717, 1.165) is 12.1 Å². The van der Waals surface area contributed by atoms with E-state index in [4.69, 9.17) is 21.1 Å². The second kappa shape index (κ2) is 9.95. The lowest BCUT2D eigenvalue weighted by Crippen LogP contribution is -2.59. The van der Waals surface area contributed by atoms with Crippen LogP contribution in [0.4, 0.5) is 18.0 Å². The van der Waals surface area contributed by atoms with Crippen molar-refractivity contribution < 1.29 is 32.2 Å². The summed E-state index contributed by atoms with van der Waals surface area (Å²) in [5.41, 5.74) is -0.834. The second-order valence-electron chi connectivity index (χ2n) is 7.66. The Kier molecular flexibility index (Phi) is 7.53. The average Bonchev–Trinajstić information content (AvgIpc) is 2.66. The van der Waals surface area contributed by atoms with Gasteiger partial charge in [0.25, 0.3) is 0 Å². The largest absolute Gasteiger partial charge is 0.489 e. The number of hydrogen-bond donors (Lipinski definition) is 1. The molecule has 3 rings (SSSR count). The molecule has 0 spiro atoms. The fourth-order valence-electron chi connectivity index (χ4n) is 3.44. The molecule has 31 heavy (non-hydrogen) atoms. The van der Waals surface area contributed by atoms with Crippen molar-refractivity contribution in [3.63, 3.8) is 0 Å². The zero-order valence-corrected chi connectivity index (χ0v) is 17.8. The molecule has 0 aromatic heterocycles. The van der Waals surface area contributed by atoms with E-state index in [-0.39, 0.29) is 41.3 Å². The van der Waals surface area contributed by atoms with E-state index < -0.39 is 11.7 Å². The number of likely N-dealkylation sites (tertiary alicyclic amines) is 1.